The van der Waals surface area contributed by atoms with Crippen LogP contribution < -0.4 is 4.74 Å². The third-order valence-corrected chi connectivity index (χ3v) is 15.4. The van der Waals surface area contributed by atoms with E-state index in [9.17, 15) is 0 Å². The SMILES string of the molecule is CC(C)(C)c1ccnc(-n2c3ccccc3c3ccc(Br)cc32)c1.CC(C)(C)c1ccnc(-n2c3ccccc3c3ccc(Oc4ccc5c(c4)-n4cnc6cccc(c64)C(C)(C)C5(C)C)cc32)c1.[Cu][I]. The van der Waals surface area contributed by atoms with E-state index in [1.165, 1.54) is 60.3 Å². The second-order valence-corrected chi connectivity index (χ2v) is 22.6. The van der Waals surface area contributed by atoms with Gasteiger partial charge in [-0.1, -0.05) is 146 Å². The van der Waals surface area contributed by atoms with Crippen LogP contribution in [0.2, 0.25) is 0 Å². The summed E-state index contributed by atoms with van der Waals surface area (Å²) in [5, 5.41) is 4.86. The molecule has 10 heteroatoms. The average molecular weight is 1160 g/mol. The molecule has 0 spiro atoms. The molecular weight excluding hydrogens is 1100 g/mol. The number of halogens is 2. The Labute approximate surface area is 444 Å². The molecule has 0 aliphatic carbocycles. The summed E-state index contributed by atoms with van der Waals surface area (Å²) in [6.45, 7) is 22.8. The summed E-state index contributed by atoms with van der Waals surface area (Å²) in [5.41, 5.74) is 12.8. The summed E-state index contributed by atoms with van der Waals surface area (Å²) in [5.74, 6) is 3.44. The molecule has 12 rings (SSSR count). The number of hydrogen-bond acceptors (Lipinski definition) is 4. The van der Waals surface area contributed by atoms with Gasteiger partial charge in [0.15, 0.2) is 0 Å². The molecule has 0 bridgehead atoms. The van der Waals surface area contributed by atoms with E-state index in [2.05, 4.69) is 262 Å². The Morgan fingerprint density at radius 1 is 0.507 bits per heavy atom. The molecule has 0 amide bonds. The summed E-state index contributed by atoms with van der Waals surface area (Å²) >= 11 is 9.48. The fraction of sp³-hybridized carbons (Fsp3) is 0.230. The zero-order valence-corrected chi connectivity index (χ0v) is 46.4. The van der Waals surface area contributed by atoms with Crippen LogP contribution in [0.3, 0.4) is 0 Å². The molecule has 0 fully saturated rings. The van der Waals surface area contributed by atoms with Gasteiger partial charge in [0.05, 0.1) is 38.8 Å². The Hall–Kier alpha value is -5.78. The first-order valence-corrected chi connectivity index (χ1v) is 27.8. The zero-order valence-electron chi connectivity index (χ0n) is 41.7. The normalized spacial score (nSPS) is 13.9. The molecule has 0 saturated carbocycles. The molecule has 5 aromatic heterocycles. The van der Waals surface area contributed by atoms with Crippen molar-refractivity contribution >= 4 is 90.9 Å². The molecular formula is C61H57BrCuIN6O. The number of hydrogen-bond donors (Lipinski definition) is 0. The van der Waals surface area contributed by atoms with Gasteiger partial charge in [0.25, 0.3) is 0 Å². The first kappa shape index (κ1) is 48.8. The second kappa shape index (κ2) is 18.4. The van der Waals surface area contributed by atoms with Crippen LogP contribution in [0.15, 0.2) is 169 Å². The van der Waals surface area contributed by atoms with Crippen LogP contribution in [0.4, 0.5) is 0 Å². The summed E-state index contributed by atoms with van der Waals surface area (Å²) in [6, 6.07) is 51.5. The molecule has 6 aromatic carbocycles. The van der Waals surface area contributed by atoms with Gasteiger partial charge in [0, 0.05) is 61.4 Å². The molecule has 1 aliphatic rings. The van der Waals surface area contributed by atoms with Crippen LogP contribution in [-0.4, -0.2) is 28.7 Å². The van der Waals surface area contributed by atoms with E-state index in [1.807, 2.05) is 18.7 Å². The molecule has 0 N–H and O–H groups in total. The maximum atomic E-state index is 6.67. The Kier molecular flexibility index (Phi) is 12.6. The van der Waals surface area contributed by atoms with E-state index in [-0.39, 0.29) is 21.7 Å². The third kappa shape index (κ3) is 8.48. The molecule has 0 saturated heterocycles. The van der Waals surface area contributed by atoms with Gasteiger partial charge < -0.3 is 4.74 Å². The Morgan fingerprint density at radius 3 is 1.61 bits per heavy atom. The van der Waals surface area contributed by atoms with E-state index in [0.717, 1.165) is 49.8 Å². The molecule has 71 heavy (non-hydrogen) atoms. The van der Waals surface area contributed by atoms with Crippen molar-refractivity contribution < 1.29 is 17.5 Å². The predicted octanol–water partition coefficient (Wildman–Crippen LogP) is 17.3. The van der Waals surface area contributed by atoms with Crippen molar-refractivity contribution in [1.82, 2.24) is 28.7 Å². The van der Waals surface area contributed by atoms with Crippen LogP contribution in [-0.2, 0) is 34.4 Å². The number of rotatable bonds is 4. The number of aromatic nitrogens is 6. The van der Waals surface area contributed by atoms with E-state index < -0.39 is 0 Å². The predicted molar refractivity (Wildman–Crippen MR) is 303 cm³/mol. The minimum absolute atomic E-state index is 0.0150. The van der Waals surface area contributed by atoms with Crippen molar-refractivity contribution in [2.24, 2.45) is 0 Å². The number of pyridine rings is 2. The first-order chi connectivity index (χ1) is 33.9. The van der Waals surface area contributed by atoms with E-state index >= 15 is 0 Å². The molecule has 0 unspecified atom stereocenters. The number of ether oxygens (including phenoxy) is 1. The van der Waals surface area contributed by atoms with Gasteiger partial charge in [-0.2, -0.15) is 0 Å². The zero-order chi connectivity index (χ0) is 50.2. The number of fused-ring (bicyclic) bond motifs is 8. The number of nitrogens with zero attached hydrogens (tertiary/aromatic N) is 6. The van der Waals surface area contributed by atoms with Gasteiger partial charge in [-0.05, 0) is 106 Å². The van der Waals surface area contributed by atoms with Crippen LogP contribution in [0.5, 0.6) is 11.5 Å². The number of para-hydroxylation sites is 3. The maximum absolute atomic E-state index is 6.67. The van der Waals surface area contributed by atoms with E-state index in [0.29, 0.717) is 0 Å². The van der Waals surface area contributed by atoms with Crippen molar-refractivity contribution in [2.45, 2.75) is 90.9 Å². The standard InChI is InChI=1S/C40H38N4O.C21H19BrN2.Cu.HI/c1-38(2,3)25-19-20-41-36(21-25)44-33-14-9-8-11-28(33)29-17-15-26(22-34(29)44)45-27-16-18-30-35(23-27)43-24-42-32-13-10-12-31(37(32)43)40(6,7)39(30,4)5;1-21(2,3)14-10-11-23-20(12-14)24-18-7-5-4-6-16(18)17-9-8-15(22)13-19(17)24;;/h8-24H,1-7H3;4-13H,1-3H3;;1H/q;;+1;/p-1. The van der Waals surface area contributed by atoms with Crippen LogP contribution in [0.1, 0.15) is 91.5 Å². The fourth-order valence-electron chi connectivity index (χ4n) is 10.3. The van der Waals surface area contributed by atoms with Crippen molar-refractivity contribution in [1.29, 1.82) is 0 Å². The molecule has 362 valence electrons. The summed E-state index contributed by atoms with van der Waals surface area (Å²) < 4.78 is 14.5. The molecule has 6 heterocycles. The third-order valence-electron chi connectivity index (χ3n) is 14.9. The molecule has 11 aromatic rings. The topological polar surface area (TPSA) is 62.7 Å². The monoisotopic (exact) mass is 1160 g/mol. The van der Waals surface area contributed by atoms with Crippen molar-refractivity contribution in [3.63, 3.8) is 0 Å². The summed E-state index contributed by atoms with van der Waals surface area (Å²) in [7, 11) is 0. The first-order valence-electron chi connectivity index (χ1n) is 24.0. The average Bonchev–Trinajstić information content (AvgIpc) is 4.03. The minimum atomic E-state index is -0.136. The quantitative estimate of drug-likeness (QED) is 0.130. The van der Waals surface area contributed by atoms with E-state index in [4.69, 9.17) is 14.7 Å². The van der Waals surface area contributed by atoms with Crippen molar-refractivity contribution in [2.75, 3.05) is 0 Å². The molecule has 1 aliphatic heterocycles. The van der Waals surface area contributed by atoms with Gasteiger partial charge in [-0.15, -0.1) is 0 Å². The van der Waals surface area contributed by atoms with Crippen molar-refractivity contribution in [3.8, 4) is 28.8 Å². The van der Waals surface area contributed by atoms with Crippen LogP contribution in [0, 0.1) is 0 Å². The Balaban J connectivity index is 0.000000188. The Morgan fingerprint density at radius 2 is 1.01 bits per heavy atom. The number of imidazole rings is 1. The van der Waals surface area contributed by atoms with Crippen molar-refractivity contribution in [3.05, 3.63) is 191 Å². The van der Waals surface area contributed by atoms with Crippen LogP contribution >= 0.6 is 36.3 Å². The van der Waals surface area contributed by atoms with Gasteiger partial charge in [-0.3, -0.25) is 13.7 Å². The Bertz CT molecular complexity index is 3830. The molecule has 0 radical (unpaired) electrons. The van der Waals surface area contributed by atoms with Gasteiger partial charge in [0.1, 0.15) is 29.5 Å². The van der Waals surface area contributed by atoms with Gasteiger partial charge >= 0.3 is 33.1 Å². The van der Waals surface area contributed by atoms with E-state index in [1.54, 1.807) is 20.3 Å². The molecule has 7 nitrogen and oxygen atoms in total. The van der Waals surface area contributed by atoms with Gasteiger partial charge in [-0.25, -0.2) is 15.0 Å². The number of benzene rings is 6. The summed E-state index contributed by atoms with van der Waals surface area (Å²) in [6.07, 6.45) is 5.78. The fourth-order valence-corrected chi connectivity index (χ4v) is 10.7. The summed E-state index contributed by atoms with van der Waals surface area (Å²) in [4.78, 5) is 14.3. The molecule has 0 atom stereocenters. The second-order valence-electron chi connectivity index (χ2n) is 21.7. The van der Waals surface area contributed by atoms with Gasteiger partial charge in [0.2, 0.25) is 0 Å². The van der Waals surface area contributed by atoms with Crippen LogP contribution in [0.25, 0.3) is 72.0 Å².